The van der Waals surface area contributed by atoms with Crippen molar-refractivity contribution in [1.82, 2.24) is 34.2 Å². The van der Waals surface area contributed by atoms with E-state index in [1.165, 1.54) is 37.1 Å². The second-order valence-electron chi connectivity index (χ2n) is 11.4. The molecule has 1 aliphatic heterocycles. The number of aliphatic hydroxyl groups is 1. The molecule has 2 N–H and O–H groups in total. The highest BCUT2D eigenvalue weighted by molar-refractivity contribution is 5.55. The van der Waals surface area contributed by atoms with Crippen LogP contribution in [0, 0.1) is 11.7 Å². The molecule has 0 bridgehead atoms. The number of halogens is 1. The van der Waals surface area contributed by atoms with Crippen LogP contribution in [0.4, 0.5) is 10.2 Å². The van der Waals surface area contributed by atoms with E-state index in [4.69, 9.17) is 4.98 Å². The van der Waals surface area contributed by atoms with Crippen molar-refractivity contribution < 1.29 is 9.50 Å². The highest BCUT2D eigenvalue weighted by atomic mass is 19.1. The second-order valence-corrected chi connectivity index (χ2v) is 11.4. The number of nitrogens with zero attached hydrogens (tertiary/aromatic N) is 7. The summed E-state index contributed by atoms with van der Waals surface area (Å²) in [6.45, 7) is 6.61. The van der Waals surface area contributed by atoms with Crippen LogP contribution < -0.4 is 5.32 Å². The summed E-state index contributed by atoms with van der Waals surface area (Å²) in [5, 5.41) is 22.4. The van der Waals surface area contributed by atoms with Gasteiger partial charge in [0.1, 0.15) is 23.7 Å². The maximum Gasteiger partial charge on any atom is 0.182 e. The maximum absolute atomic E-state index is 15.5. The van der Waals surface area contributed by atoms with Gasteiger partial charge in [0.15, 0.2) is 12.1 Å². The first kappa shape index (κ1) is 24.4. The molecule has 3 aromatic heterocycles. The number of benzene rings is 1. The molecule has 2 fully saturated rings. The van der Waals surface area contributed by atoms with Crippen LogP contribution in [0.3, 0.4) is 0 Å². The molecule has 3 aliphatic rings. The molecule has 0 radical (unpaired) electrons. The van der Waals surface area contributed by atoms with Crippen LogP contribution in [0.5, 0.6) is 0 Å². The predicted octanol–water partition coefficient (Wildman–Crippen LogP) is 4.95. The van der Waals surface area contributed by atoms with Crippen LogP contribution in [0.25, 0.3) is 17.2 Å². The number of aromatic nitrogens is 6. The number of hydrogen-bond donors (Lipinski definition) is 2. The Kier molecular flexibility index (Phi) is 5.97. The lowest BCUT2D eigenvalue weighted by molar-refractivity contribution is 0.202. The zero-order valence-corrected chi connectivity index (χ0v) is 22.3. The lowest BCUT2D eigenvalue weighted by Gasteiger charge is -2.21. The van der Waals surface area contributed by atoms with Gasteiger partial charge < -0.3 is 19.6 Å². The SMILES string of the molecule is CC(C)n1cnnc1-c1cccc(NC(O)c2cc3c(cc2F)CN(CC2CC2)Cc2c(C4CC4)ncn2-3)n1. The van der Waals surface area contributed by atoms with E-state index in [0.29, 0.717) is 29.8 Å². The summed E-state index contributed by atoms with van der Waals surface area (Å²) < 4.78 is 19.6. The number of fused-ring (bicyclic) bond motifs is 3. The van der Waals surface area contributed by atoms with Gasteiger partial charge in [-0.05, 0) is 75.3 Å². The van der Waals surface area contributed by atoms with Gasteiger partial charge in [-0.15, -0.1) is 10.2 Å². The Bertz CT molecular complexity index is 1520. The molecule has 39 heavy (non-hydrogen) atoms. The van der Waals surface area contributed by atoms with Crippen molar-refractivity contribution in [3.8, 4) is 17.2 Å². The first-order valence-electron chi connectivity index (χ1n) is 13.9. The van der Waals surface area contributed by atoms with Gasteiger partial charge in [-0.25, -0.2) is 14.4 Å². The molecule has 2 saturated carbocycles. The van der Waals surface area contributed by atoms with Gasteiger partial charge in [-0.1, -0.05) is 6.07 Å². The van der Waals surface area contributed by atoms with Gasteiger partial charge in [-0.2, -0.15) is 0 Å². The molecule has 1 atom stereocenters. The highest BCUT2D eigenvalue weighted by Crippen LogP contribution is 2.43. The largest absolute Gasteiger partial charge is 0.369 e. The normalized spacial score (nSPS) is 18.1. The van der Waals surface area contributed by atoms with Crippen LogP contribution in [-0.4, -0.2) is 45.9 Å². The van der Waals surface area contributed by atoms with Crippen molar-refractivity contribution in [1.29, 1.82) is 0 Å². The highest BCUT2D eigenvalue weighted by Gasteiger charge is 2.34. The van der Waals surface area contributed by atoms with E-state index in [2.05, 4.69) is 30.0 Å². The Morgan fingerprint density at radius 2 is 1.95 bits per heavy atom. The minimum Gasteiger partial charge on any atom is -0.369 e. The van der Waals surface area contributed by atoms with Gasteiger partial charge in [0.2, 0.25) is 0 Å². The third-order valence-corrected chi connectivity index (χ3v) is 7.99. The fourth-order valence-electron chi connectivity index (χ4n) is 5.59. The van der Waals surface area contributed by atoms with Crippen molar-refractivity contribution in [3.63, 3.8) is 0 Å². The summed E-state index contributed by atoms with van der Waals surface area (Å²) in [4.78, 5) is 11.8. The van der Waals surface area contributed by atoms with E-state index in [1.54, 1.807) is 24.5 Å². The van der Waals surface area contributed by atoms with Crippen LogP contribution in [0.2, 0.25) is 0 Å². The maximum atomic E-state index is 15.5. The van der Waals surface area contributed by atoms with E-state index in [0.717, 1.165) is 30.3 Å². The Balaban J connectivity index is 1.21. The average molecular weight is 529 g/mol. The van der Waals surface area contributed by atoms with Gasteiger partial charge >= 0.3 is 0 Å². The van der Waals surface area contributed by atoms with Gasteiger partial charge in [0, 0.05) is 37.2 Å². The van der Waals surface area contributed by atoms with E-state index >= 15 is 4.39 Å². The van der Waals surface area contributed by atoms with Crippen molar-refractivity contribution in [2.45, 2.75) is 70.8 Å². The number of rotatable bonds is 8. The van der Waals surface area contributed by atoms with Crippen LogP contribution in [0.1, 0.15) is 80.2 Å². The first-order chi connectivity index (χ1) is 18.9. The summed E-state index contributed by atoms with van der Waals surface area (Å²) in [7, 11) is 0. The smallest absolute Gasteiger partial charge is 0.182 e. The number of imidazole rings is 1. The molecule has 0 saturated heterocycles. The monoisotopic (exact) mass is 528 g/mol. The van der Waals surface area contributed by atoms with E-state index < -0.39 is 12.0 Å². The van der Waals surface area contributed by atoms with E-state index in [1.807, 2.05) is 36.9 Å². The fraction of sp³-hybridized carbons (Fsp3) is 0.448. The van der Waals surface area contributed by atoms with Crippen molar-refractivity contribution in [2.24, 2.45) is 5.92 Å². The molecule has 4 heterocycles. The molecule has 2 aliphatic carbocycles. The summed E-state index contributed by atoms with van der Waals surface area (Å²) in [6, 6.07) is 8.93. The number of pyridine rings is 1. The average Bonchev–Trinajstić information content (AvgIpc) is 3.84. The summed E-state index contributed by atoms with van der Waals surface area (Å²) in [6.07, 6.45) is 7.16. The van der Waals surface area contributed by atoms with Crippen LogP contribution in [-0.2, 0) is 13.1 Å². The van der Waals surface area contributed by atoms with Gasteiger partial charge in [0.05, 0.1) is 23.4 Å². The molecule has 0 amide bonds. The third kappa shape index (κ3) is 4.72. The zero-order valence-electron chi connectivity index (χ0n) is 22.3. The van der Waals surface area contributed by atoms with Crippen LogP contribution in [0.15, 0.2) is 43.0 Å². The lowest BCUT2D eigenvalue weighted by atomic mass is 10.1. The Labute approximate surface area is 226 Å². The van der Waals surface area contributed by atoms with E-state index in [9.17, 15) is 5.11 Å². The molecule has 0 spiro atoms. The number of anilines is 1. The van der Waals surface area contributed by atoms with Crippen molar-refractivity contribution >= 4 is 5.82 Å². The van der Waals surface area contributed by atoms with Gasteiger partial charge in [-0.3, -0.25) is 4.90 Å². The first-order valence-corrected chi connectivity index (χ1v) is 13.9. The number of hydrogen-bond acceptors (Lipinski definition) is 7. The standard InChI is InChI=1S/C29H33FN8O/c1-17(2)37-16-32-35-28(37)23-4-3-5-26(33-23)34-29(39)21-11-24-20(10-22(21)30)13-36(12-18-6-7-18)14-25-27(19-8-9-19)31-15-38(24)25/h3-5,10-11,15-19,29,39H,6-9,12-14H2,1-2H3,(H,33,34). The Morgan fingerprint density at radius 1 is 1.10 bits per heavy atom. The van der Waals surface area contributed by atoms with Crippen LogP contribution >= 0.6 is 0 Å². The quantitative estimate of drug-likeness (QED) is 0.312. The minimum atomic E-state index is -1.29. The summed E-state index contributed by atoms with van der Waals surface area (Å²) in [5.41, 5.74) is 4.95. The number of nitrogens with one attached hydrogen (secondary N) is 1. The zero-order chi connectivity index (χ0) is 26.7. The molecular formula is C29H33FN8O. The minimum absolute atomic E-state index is 0.168. The van der Waals surface area contributed by atoms with Crippen molar-refractivity contribution in [3.05, 3.63) is 71.3 Å². The topological polar surface area (TPSA) is 96.9 Å². The van der Waals surface area contributed by atoms with Crippen molar-refractivity contribution in [2.75, 3.05) is 11.9 Å². The summed E-state index contributed by atoms with van der Waals surface area (Å²) >= 11 is 0. The Morgan fingerprint density at radius 3 is 2.72 bits per heavy atom. The van der Waals surface area contributed by atoms with Gasteiger partial charge in [0.25, 0.3) is 0 Å². The molecule has 7 rings (SSSR count). The molecule has 1 aromatic carbocycles. The second kappa shape index (κ2) is 9.53. The molecule has 10 heteroatoms. The molecule has 202 valence electrons. The molecular weight excluding hydrogens is 495 g/mol. The fourth-order valence-corrected chi connectivity index (χ4v) is 5.59. The molecule has 4 aromatic rings. The predicted molar refractivity (Wildman–Crippen MR) is 145 cm³/mol. The Hall–Kier alpha value is -3.63. The molecule has 1 unspecified atom stereocenters. The third-order valence-electron chi connectivity index (χ3n) is 7.99. The number of aliphatic hydroxyl groups excluding tert-OH is 1. The molecule has 9 nitrogen and oxygen atoms in total. The lowest BCUT2D eigenvalue weighted by Crippen LogP contribution is -2.25. The summed E-state index contributed by atoms with van der Waals surface area (Å²) in [5.74, 6) is 1.87. The van der Waals surface area contributed by atoms with E-state index in [-0.39, 0.29) is 11.6 Å².